The summed E-state index contributed by atoms with van der Waals surface area (Å²) in [5.41, 5.74) is 1.43. The number of fused-ring (bicyclic) bond motifs is 1. The lowest BCUT2D eigenvalue weighted by Gasteiger charge is -2.26. The van der Waals surface area contributed by atoms with Crippen molar-refractivity contribution in [3.05, 3.63) is 42.5 Å². The first-order chi connectivity index (χ1) is 15.8. The Morgan fingerprint density at radius 3 is 2.55 bits per heavy atom. The Labute approximate surface area is 196 Å². The zero-order valence-electron chi connectivity index (χ0n) is 18.1. The zero-order valence-corrected chi connectivity index (χ0v) is 19.7. The Morgan fingerprint density at radius 2 is 1.88 bits per heavy atom. The van der Waals surface area contributed by atoms with E-state index in [1.165, 1.54) is 21.0 Å². The molecule has 2 heterocycles. The summed E-state index contributed by atoms with van der Waals surface area (Å²) in [6.45, 7) is 1.29. The summed E-state index contributed by atoms with van der Waals surface area (Å²) in [6.07, 6.45) is 0. The number of aryl methyl sites for hydroxylation is 1. The lowest BCUT2D eigenvalue weighted by Crippen LogP contribution is -2.40. The normalized spacial score (nSPS) is 15.2. The molecule has 0 amide bonds. The highest BCUT2D eigenvalue weighted by Crippen LogP contribution is 2.39. The summed E-state index contributed by atoms with van der Waals surface area (Å²) in [6, 6.07) is 11.7. The Morgan fingerprint density at radius 1 is 1.18 bits per heavy atom. The molecule has 1 aromatic heterocycles. The van der Waals surface area contributed by atoms with E-state index in [0.717, 1.165) is 0 Å². The van der Waals surface area contributed by atoms with Crippen molar-refractivity contribution in [2.45, 2.75) is 4.90 Å². The van der Waals surface area contributed by atoms with Crippen molar-refractivity contribution < 1.29 is 23.0 Å². The fourth-order valence-electron chi connectivity index (χ4n) is 3.50. The van der Waals surface area contributed by atoms with E-state index in [1.54, 1.807) is 44.5 Å². The van der Waals surface area contributed by atoms with Gasteiger partial charge in [0.1, 0.15) is 5.75 Å². The number of azo groups is 1. The maximum Gasteiger partial charge on any atom is 0.243 e. The van der Waals surface area contributed by atoms with Gasteiger partial charge < -0.3 is 24.5 Å². The number of hydrogen-bond donors (Lipinski definition) is 2. The van der Waals surface area contributed by atoms with Crippen molar-refractivity contribution >= 4 is 49.6 Å². The third-order valence-corrected chi connectivity index (χ3v) is 7.38. The number of anilines is 1. The number of aromatic nitrogens is 1. The maximum absolute atomic E-state index is 13.1. The predicted octanol–water partition coefficient (Wildman–Crippen LogP) is 3.39. The van der Waals surface area contributed by atoms with Gasteiger partial charge >= 0.3 is 0 Å². The van der Waals surface area contributed by atoms with Crippen LogP contribution in [0.25, 0.3) is 10.9 Å². The number of nitrogens with one attached hydrogen (secondary N) is 1. The molecule has 1 aliphatic heterocycles. The van der Waals surface area contributed by atoms with Crippen molar-refractivity contribution in [2.24, 2.45) is 17.3 Å². The van der Waals surface area contributed by atoms with Gasteiger partial charge in [0.05, 0.1) is 30.7 Å². The van der Waals surface area contributed by atoms with Crippen LogP contribution in [0.2, 0.25) is 0 Å². The van der Waals surface area contributed by atoms with Gasteiger partial charge in [-0.3, -0.25) is 0 Å². The minimum Gasteiger partial charge on any atom is -0.497 e. The number of aromatic hydroxyl groups is 1. The fraction of sp³-hybridized carbons (Fsp3) is 0.286. The molecule has 3 aromatic rings. The quantitative estimate of drug-likeness (QED) is 0.417. The molecule has 10 nitrogen and oxygen atoms in total. The molecule has 0 bridgehead atoms. The Kier molecular flexibility index (Phi) is 6.61. The average Bonchev–Trinajstić information content (AvgIpc) is 3.07. The minimum absolute atomic E-state index is 0.0775. The van der Waals surface area contributed by atoms with E-state index < -0.39 is 10.0 Å². The summed E-state index contributed by atoms with van der Waals surface area (Å²) in [7, 11) is -0.477. The average molecular weight is 490 g/mol. The predicted molar refractivity (Wildman–Crippen MR) is 128 cm³/mol. The number of methoxy groups -OCH3 is 1. The van der Waals surface area contributed by atoms with Crippen LogP contribution >= 0.6 is 12.2 Å². The molecule has 1 saturated heterocycles. The number of morpholine rings is 1. The largest absolute Gasteiger partial charge is 0.497 e. The van der Waals surface area contributed by atoms with E-state index in [9.17, 15) is 13.5 Å². The van der Waals surface area contributed by atoms with Gasteiger partial charge in [-0.2, -0.15) is 4.31 Å². The van der Waals surface area contributed by atoms with Crippen LogP contribution in [0.4, 0.5) is 11.4 Å². The standard InChI is InChI=1S/C21H23N5O5S2/c1-25-18-8-7-16(33(28,29)26-9-11-31-12-10-26)13-17(18)19(20(25)27)23-24-21(32)22-14-3-5-15(30-2)6-4-14/h3-8,13,27H,9-12H2,1-2H3,(H,22,32). The van der Waals surface area contributed by atoms with Crippen LogP contribution in [-0.4, -0.2) is 60.9 Å². The van der Waals surface area contributed by atoms with E-state index in [-0.39, 0.29) is 34.7 Å². The van der Waals surface area contributed by atoms with Crippen molar-refractivity contribution in [3.63, 3.8) is 0 Å². The van der Waals surface area contributed by atoms with Gasteiger partial charge in [0.15, 0.2) is 5.69 Å². The second-order valence-corrected chi connectivity index (χ2v) is 9.61. The van der Waals surface area contributed by atoms with E-state index in [1.807, 2.05) is 0 Å². The van der Waals surface area contributed by atoms with Crippen LogP contribution in [0.5, 0.6) is 11.6 Å². The highest BCUT2D eigenvalue weighted by atomic mass is 32.2. The van der Waals surface area contributed by atoms with Crippen LogP contribution in [0.3, 0.4) is 0 Å². The SMILES string of the molecule is COc1ccc(NC(=S)N=Nc2c(O)n(C)c3ccc(S(=O)(=O)N4CCOCC4)cc23)cc1. The molecule has 0 atom stereocenters. The molecule has 1 fully saturated rings. The van der Waals surface area contributed by atoms with Crippen molar-refractivity contribution in [1.29, 1.82) is 0 Å². The van der Waals surface area contributed by atoms with Crippen molar-refractivity contribution in [2.75, 3.05) is 38.7 Å². The van der Waals surface area contributed by atoms with Gasteiger partial charge in [-0.05, 0) is 54.7 Å². The third-order valence-electron chi connectivity index (χ3n) is 5.30. The third kappa shape index (κ3) is 4.69. The highest BCUT2D eigenvalue weighted by Gasteiger charge is 2.27. The lowest BCUT2D eigenvalue weighted by atomic mass is 10.2. The number of thiocarbonyl (C=S) groups is 1. The van der Waals surface area contributed by atoms with Gasteiger partial charge in [0, 0.05) is 31.2 Å². The molecule has 0 radical (unpaired) electrons. The first kappa shape index (κ1) is 23.1. The second-order valence-electron chi connectivity index (χ2n) is 7.29. The van der Waals surface area contributed by atoms with Crippen molar-refractivity contribution in [1.82, 2.24) is 8.87 Å². The molecule has 174 valence electrons. The number of hydrogen-bond acceptors (Lipinski definition) is 7. The molecule has 12 heteroatoms. The molecule has 1 aliphatic rings. The van der Waals surface area contributed by atoms with E-state index >= 15 is 0 Å². The topological polar surface area (TPSA) is 118 Å². The molecule has 4 rings (SSSR count). The summed E-state index contributed by atoms with van der Waals surface area (Å²) in [5.74, 6) is 0.554. The Hall–Kier alpha value is -3.06. The number of ether oxygens (including phenoxy) is 2. The zero-order chi connectivity index (χ0) is 23.6. The minimum atomic E-state index is -3.71. The summed E-state index contributed by atoms with van der Waals surface area (Å²) in [4.78, 5) is 0.109. The lowest BCUT2D eigenvalue weighted by molar-refractivity contribution is 0.0730. The molecular formula is C21H23N5O5S2. The van der Waals surface area contributed by atoms with Gasteiger partial charge in [-0.25, -0.2) is 8.42 Å². The number of nitrogens with zero attached hydrogens (tertiary/aromatic N) is 4. The monoisotopic (exact) mass is 489 g/mol. The van der Waals surface area contributed by atoms with Crippen LogP contribution in [0, 0.1) is 0 Å². The summed E-state index contributed by atoms with van der Waals surface area (Å²) in [5, 5.41) is 22.2. The highest BCUT2D eigenvalue weighted by molar-refractivity contribution is 7.89. The summed E-state index contributed by atoms with van der Waals surface area (Å²) >= 11 is 5.23. The first-order valence-electron chi connectivity index (χ1n) is 10.1. The van der Waals surface area contributed by atoms with Crippen LogP contribution in [0.15, 0.2) is 57.6 Å². The van der Waals surface area contributed by atoms with Gasteiger partial charge in [-0.15, -0.1) is 10.2 Å². The molecule has 2 N–H and O–H groups in total. The maximum atomic E-state index is 13.1. The molecule has 0 aliphatic carbocycles. The fourth-order valence-corrected chi connectivity index (χ4v) is 5.10. The first-order valence-corrected chi connectivity index (χ1v) is 11.9. The van der Waals surface area contributed by atoms with Gasteiger partial charge in [0.2, 0.25) is 21.0 Å². The van der Waals surface area contributed by atoms with Crippen LogP contribution < -0.4 is 10.1 Å². The van der Waals surface area contributed by atoms with Crippen LogP contribution in [-0.2, 0) is 21.8 Å². The van der Waals surface area contributed by atoms with E-state index in [0.29, 0.717) is 35.6 Å². The molecule has 0 spiro atoms. The number of sulfonamides is 1. The second kappa shape index (κ2) is 9.43. The number of rotatable bonds is 5. The van der Waals surface area contributed by atoms with E-state index in [4.69, 9.17) is 21.7 Å². The smallest absolute Gasteiger partial charge is 0.243 e. The molecule has 0 saturated carbocycles. The molecule has 2 aromatic carbocycles. The summed E-state index contributed by atoms with van der Waals surface area (Å²) < 4.78 is 39.4. The van der Waals surface area contributed by atoms with Gasteiger partial charge in [-0.1, -0.05) is 0 Å². The molecular weight excluding hydrogens is 466 g/mol. The Balaban J connectivity index is 1.63. The van der Waals surface area contributed by atoms with Crippen LogP contribution in [0.1, 0.15) is 0 Å². The number of benzene rings is 2. The molecule has 33 heavy (non-hydrogen) atoms. The van der Waals surface area contributed by atoms with E-state index in [2.05, 4.69) is 15.5 Å². The van der Waals surface area contributed by atoms with Crippen molar-refractivity contribution in [3.8, 4) is 11.6 Å². The van der Waals surface area contributed by atoms with Gasteiger partial charge in [0.25, 0.3) is 0 Å². The Bertz CT molecular complexity index is 1310. The molecule has 0 unspecified atom stereocenters.